The van der Waals surface area contributed by atoms with E-state index in [1.165, 1.54) is 6.07 Å². The molecule has 0 bridgehead atoms. The summed E-state index contributed by atoms with van der Waals surface area (Å²) in [6.45, 7) is 5.85. The van der Waals surface area contributed by atoms with Crippen molar-refractivity contribution in [2.24, 2.45) is 0 Å². The van der Waals surface area contributed by atoms with E-state index in [0.29, 0.717) is 16.9 Å². The SMILES string of the molecule is CC(C)c1ccccc1C(=O)c1c(O)cc(-c2ccc(OC(C)c3cccnc3)cc2)oc1=O. The van der Waals surface area contributed by atoms with E-state index in [9.17, 15) is 14.7 Å². The third-order valence-electron chi connectivity index (χ3n) is 5.59. The molecule has 0 amide bonds. The number of aromatic nitrogens is 1. The Morgan fingerprint density at radius 1 is 1.00 bits per heavy atom. The van der Waals surface area contributed by atoms with Crippen LogP contribution in [0.25, 0.3) is 11.3 Å². The molecule has 0 saturated heterocycles. The number of carbonyl (C=O) groups excluding carboxylic acids is 1. The van der Waals surface area contributed by atoms with E-state index in [1.54, 1.807) is 48.8 Å². The third kappa shape index (κ3) is 4.76. The second-order valence-electron chi connectivity index (χ2n) is 8.30. The topological polar surface area (TPSA) is 89.6 Å². The van der Waals surface area contributed by atoms with Gasteiger partial charge in [0.05, 0.1) is 0 Å². The summed E-state index contributed by atoms with van der Waals surface area (Å²) in [7, 11) is 0. The van der Waals surface area contributed by atoms with E-state index in [-0.39, 0.29) is 23.3 Å². The predicted octanol–water partition coefficient (Wildman–Crippen LogP) is 5.90. The van der Waals surface area contributed by atoms with Crippen molar-refractivity contribution in [2.75, 3.05) is 0 Å². The van der Waals surface area contributed by atoms with Gasteiger partial charge in [-0.15, -0.1) is 0 Å². The molecule has 2 aromatic heterocycles. The smallest absolute Gasteiger partial charge is 0.351 e. The molecule has 4 aromatic rings. The number of benzene rings is 2. The van der Waals surface area contributed by atoms with Crippen LogP contribution in [0.15, 0.2) is 88.3 Å². The van der Waals surface area contributed by atoms with Crippen molar-refractivity contribution in [3.05, 3.63) is 112 Å². The first-order valence-corrected chi connectivity index (χ1v) is 11.0. The molecule has 2 aromatic carbocycles. The van der Waals surface area contributed by atoms with Gasteiger partial charge in [0.15, 0.2) is 0 Å². The van der Waals surface area contributed by atoms with Crippen LogP contribution in [0.2, 0.25) is 0 Å². The molecule has 1 atom stereocenters. The van der Waals surface area contributed by atoms with Crippen molar-refractivity contribution >= 4 is 5.78 Å². The maximum atomic E-state index is 13.1. The summed E-state index contributed by atoms with van der Waals surface area (Å²) in [5.41, 5.74) is 1.42. The fraction of sp³-hybridized carbons (Fsp3) is 0.179. The van der Waals surface area contributed by atoms with Crippen LogP contribution in [-0.2, 0) is 0 Å². The Hall–Kier alpha value is -4.19. The van der Waals surface area contributed by atoms with Crippen molar-refractivity contribution in [1.29, 1.82) is 0 Å². The van der Waals surface area contributed by atoms with Crippen LogP contribution in [0.3, 0.4) is 0 Å². The minimum Gasteiger partial charge on any atom is -0.507 e. The van der Waals surface area contributed by atoms with E-state index in [4.69, 9.17) is 9.15 Å². The zero-order chi connectivity index (χ0) is 24.2. The summed E-state index contributed by atoms with van der Waals surface area (Å²) in [5, 5.41) is 10.6. The molecule has 34 heavy (non-hydrogen) atoms. The lowest BCUT2D eigenvalue weighted by atomic mass is 9.92. The van der Waals surface area contributed by atoms with Crippen LogP contribution in [-0.4, -0.2) is 15.9 Å². The minimum atomic E-state index is -0.885. The average Bonchev–Trinajstić information content (AvgIpc) is 2.84. The Morgan fingerprint density at radius 2 is 1.74 bits per heavy atom. The predicted molar refractivity (Wildman–Crippen MR) is 129 cm³/mol. The molecule has 0 aliphatic rings. The fourth-order valence-corrected chi connectivity index (χ4v) is 3.76. The third-order valence-corrected chi connectivity index (χ3v) is 5.59. The lowest BCUT2D eigenvalue weighted by Gasteiger charge is -2.15. The Morgan fingerprint density at radius 3 is 2.38 bits per heavy atom. The summed E-state index contributed by atoms with van der Waals surface area (Å²) >= 11 is 0. The highest BCUT2D eigenvalue weighted by molar-refractivity contribution is 6.11. The van der Waals surface area contributed by atoms with Gasteiger partial charge in [-0.2, -0.15) is 0 Å². The van der Waals surface area contributed by atoms with Crippen molar-refractivity contribution < 1.29 is 19.1 Å². The number of nitrogens with zero attached hydrogens (tertiary/aromatic N) is 1. The van der Waals surface area contributed by atoms with Gasteiger partial charge in [0.1, 0.15) is 28.9 Å². The number of hydrogen-bond acceptors (Lipinski definition) is 6. The molecule has 0 aliphatic heterocycles. The second-order valence-corrected chi connectivity index (χ2v) is 8.30. The number of carbonyl (C=O) groups is 1. The van der Waals surface area contributed by atoms with Crippen molar-refractivity contribution in [2.45, 2.75) is 32.8 Å². The number of ether oxygens (including phenoxy) is 1. The van der Waals surface area contributed by atoms with Crippen LogP contribution in [0, 0.1) is 0 Å². The van der Waals surface area contributed by atoms with Crippen LogP contribution < -0.4 is 10.4 Å². The van der Waals surface area contributed by atoms with Crippen LogP contribution >= 0.6 is 0 Å². The van der Waals surface area contributed by atoms with E-state index in [1.807, 2.05) is 45.0 Å². The molecular weight excluding hydrogens is 430 g/mol. The number of rotatable bonds is 7. The van der Waals surface area contributed by atoms with Crippen LogP contribution in [0.1, 0.15) is 59.8 Å². The average molecular weight is 456 g/mol. The maximum Gasteiger partial charge on any atom is 0.351 e. The molecular formula is C28H25NO5. The molecule has 6 nitrogen and oxygen atoms in total. The summed E-state index contributed by atoms with van der Waals surface area (Å²) in [6, 6.07) is 19.1. The first kappa shape index (κ1) is 23.0. The van der Waals surface area contributed by atoms with Gasteiger partial charge < -0.3 is 14.3 Å². The zero-order valence-corrected chi connectivity index (χ0v) is 19.2. The van der Waals surface area contributed by atoms with Crippen LogP contribution in [0.4, 0.5) is 0 Å². The molecule has 172 valence electrons. The molecule has 0 aliphatic carbocycles. The van der Waals surface area contributed by atoms with E-state index in [0.717, 1.165) is 11.1 Å². The van der Waals surface area contributed by atoms with Gasteiger partial charge >= 0.3 is 5.63 Å². The molecule has 6 heteroatoms. The fourth-order valence-electron chi connectivity index (χ4n) is 3.76. The Balaban J connectivity index is 1.59. The number of ketones is 1. The molecule has 4 rings (SSSR count). The summed E-state index contributed by atoms with van der Waals surface area (Å²) in [6.07, 6.45) is 3.26. The second kappa shape index (κ2) is 9.75. The molecule has 0 spiro atoms. The summed E-state index contributed by atoms with van der Waals surface area (Å²) < 4.78 is 11.4. The lowest BCUT2D eigenvalue weighted by Crippen LogP contribution is -2.17. The first-order chi connectivity index (χ1) is 16.3. The van der Waals surface area contributed by atoms with Crippen molar-refractivity contribution in [1.82, 2.24) is 4.98 Å². The normalized spacial score (nSPS) is 11.9. The Labute approximate surface area is 197 Å². The maximum absolute atomic E-state index is 13.1. The molecule has 0 fully saturated rings. The summed E-state index contributed by atoms with van der Waals surface area (Å²) in [4.78, 5) is 29.9. The minimum absolute atomic E-state index is 0.0789. The van der Waals surface area contributed by atoms with E-state index in [2.05, 4.69) is 4.98 Å². The number of hydrogen-bond donors (Lipinski definition) is 1. The van der Waals surface area contributed by atoms with Gasteiger partial charge in [-0.25, -0.2) is 4.79 Å². The van der Waals surface area contributed by atoms with Crippen LogP contribution in [0.5, 0.6) is 11.5 Å². The van der Waals surface area contributed by atoms with Crippen molar-refractivity contribution in [3.8, 4) is 22.8 Å². The van der Waals surface area contributed by atoms with Gasteiger partial charge in [0, 0.05) is 35.2 Å². The van der Waals surface area contributed by atoms with Gasteiger partial charge in [0.25, 0.3) is 0 Å². The highest BCUT2D eigenvalue weighted by atomic mass is 16.5. The molecule has 0 radical (unpaired) electrons. The molecule has 2 heterocycles. The quantitative estimate of drug-likeness (QED) is 0.349. The van der Waals surface area contributed by atoms with Gasteiger partial charge in [-0.3, -0.25) is 9.78 Å². The van der Waals surface area contributed by atoms with Gasteiger partial charge in [-0.1, -0.05) is 44.2 Å². The first-order valence-electron chi connectivity index (χ1n) is 11.0. The molecule has 1 unspecified atom stereocenters. The zero-order valence-electron chi connectivity index (χ0n) is 19.2. The van der Waals surface area contributed by atoms with E-state index >= 15 is 0 Å². The van der Waals surface area contributed by atoms with Gasteiger partial charge in [0.2, 0.25) is 5.78 Å². The molecule has 1 N–H and O–H groups in total. The number of aromatic hydroxyl groups is 1. The highest BCUT2D eigenvalue weighted by Crippen LogP contribution is 2.29. The standard InChI is InChI=1S/C28H25NO5/c1-17(2)22-8-4-5-9-23(22)27(31)26-24(30)15-25(34-28(26)32)19-10-12-21(13-11-19)33-18(3)20-7-6-14-29-16-20/h4-18,30H,1-3H3. The van der Waals surface area contributed by atoms with Crippen molar-refractivity contribution in [3.63, 3.8) is 0 Å². The lowest BCUT2D eigenvalue weighted by molar-refractivity contribution is 0.103. The monoisotopic (exact) mass is 455 g/mol. The Bertz CT molecular complexity index is 1360. The van der Waals surface area contributed by atoms with E-state index < -0.39 is 17.2 Å². The summed E-state index contributed by atoms with van der Waals surface area (Å²) in [5.74, 6) is -0.113. The highest BCUT2D eigenvalue weighted by Gasteiger charge is 2.23. The number of pyridine rings is 1. The molecule has 0 saturated carbocycles. The Kier molecular flexibility index (Phi) is 6.59. The largest absolute Gasteiger partial charge is 0.507 e. The van der Waals surface area contributed by atoms with Gasteiger partial charge in [-0.05, 0) is 48.7 Å².